The van der Waals surface area contributed by atoms with Crippen molar-refractivity contribution in [3.05, 3.63) is 118 Å². The first-order valence-corrected chi connectivity index (χ1v) is 11.8. The molecule has 0 aliphatic carbocycles. The fraction of sp³-hybridized carbons (Fsp3) is 0.207. The lowest BCUT2D eigenvalue weighted by molar-refractivity contribution is -0.687. The summed E-state index contributed by atoms with van der Waals surface area (Å²) in [5.41, 5.74) is 7.63. The van der Waals surface area contributed by atoms with Gasteiger partial charge in [-0.15, -0.1) is 0 Å². The van der Waals surface area contributed by atoms with E-state index in [0.29, 0.717) is 22.2 Å². The monoisotopic (exact) mass is 432 g/mol. The van der Waals surface area contributed by atoms with Gasteiger partial charge < -0.3 is 4.42 Å². The number of aromatic nitrogens is 2. The second-order valence-electron chi connectivity index (χ2n) is 9.18. The minimum atomic E-state index is 0.0700. The van der Waals surface area contributed by atoms with Crippen LogP contribution in [0.15, 0.2) is 94.1 Å². The molecule has 2 aliphatic rings. The second kappa shape index (κ2) is 7.11. The molecule has 3 aromatic heterocycles. The van der Waals surface area contributed by atoms with Crippen molar-refractivity contribution in [2.24, 2.45) is 0 Å². The molecule has 2 unspecified atom stereocenters. The zero-order chi connectivity index (χ0) is 21.9. The van der Waals surface area contributed by atoms with Gasteiger partial charge in [0.25, 0.3) is 0 Å². The van der Waals surface area contributed by atoms with E-state index in [1.165, 1.54) is 22.5 Å². The molecule has 0 saturated heterocycles. The van der Waals surface area contributed by atoms with Gasteiger partial charge in [0.1, 0.15) is 0 Å². The zero-order valence-electron chi connectivity index (χ0n) is 18.3. The van der Waals surface area contributed by atoms with Gasteiger partial charge in [-0.3, -0.25) is 4.79 Å². The van der Waals surface area contributed by atoms with Crippen molar-refractivity contribution in [1.29, 1.82) is 0 Å². The standard InChI is InChI=1S/C29H24N2O2/c32-29-27-25(17-13-21-11-15-23(30(21)27)19-7-3-1-4-8-19)33-26-18-14-22-12-16-24(31(22)28(26)29)20-9-5-2-6-10-20/h1-10,13-14,17-18,23-24H,11-12,15-16H2/q+2. The van der Waals surface area contributed by atoms with Crippen molar-refractivity contribution >= 4 is 22.2 Å². The molecule has 5 aromatic rings. The van der Waals surface area contributed by atoms with Crippen LogP contribution in [0.1, 0.15) is 47.4 Å². The summed E-state index contributed by atoms with van der Waals surface area (Å²) in [5.74, 6) is 0. The topological polar surface area (TPSA) is 38.0 Å². The van der Waals surface area contributed by atoms with Crippen LogP contribution in [0, 0.1) is 0 Å². The Balaban J connectivity index is 1.54. The Kier molecular flexibility index (Phi) is 4.04. The third-order valence-electron chi connectivity index (χ3n) is 7.41. The van der Waals surface area contributed by atoms with Gasteiger partial charge in [-0.1, -0.05) is 60.7 Å². The highest BCUT2D eigenvalue weighted by Crippen LogP contribution is 2.30. The van der Waals surface area contributed by atoms with Crippen molar-refractivity contribution in [2.45, 2.75) is 37.8 Å². The zero-order valence-corrected chi connectivity index (χ0v) is 18.3. The number of rotatable bonds is 2. The molecule has 33 heavy (non-hydrogen) atoms. The van der Waals surface area contributed by atoms with Gasteiger partial charge in [0.15, 0.2) is 23.5 Å². The third kappa shape index (κ3) is 2.73. The number of nitrogens with zero attached hydrogens (tertiary/aromatic N) is 2. The number of benzene rings is 2. The van der Waals surface area contributed by atoms with E-state index < -0.39 is 0 Å². The first-order chi connectivity index (χ1) is 16.3. The van der Waals surface area contributed by atoms with Crippen molar-refractivity contribution in [3.8, 4) is 0 Å². The summed E-state index contributed by atoms with van der Waals surface area (Å²) in [4.78, 5) is 14.3. The number of pyridine rings is 2. The number of hydrogen-bond acceptors (Lipinski definition) is 2. The van der Waals surface area contributed by atoms with Gasteiger partial charge in [0.05, 0.1) is 0 Å². The van der Waals surface area contributed by atoms with Gasteiger partial charge in [-0.25, -0.2) is 0 Å². The highest BCUT2D eigenvalue weighted by Gasteiger charge is 2.40. The molecule has 160 valence electrons. The molecule has 2 atom stereocenters. The predicted molar refractivity (Wildman–Crippen MR) is 126 cm³/mol. The second-order valence-corrected chi connectivity index (χ2v) is 9.18. The summed E-state index contributed by atoms with van der Waals surface area (Å²) >= 11 is 0. The lowest BCUT2D eigenvalue weighted by Crippen LogP contribution is -2.46. The average Bonchev–Trinajstić information content (AvgIpc) is 3.49. The first kappa shape index (κ1) is 18.8. The molecule has 5 heterocycles. The highest BCUT2D eigenvalue weighted by atomic mass is 16.3. The molecule has 0 saturated carbocycles. The van der Waals surface area contributed by atoms with Gasteiger partial charge in [-0.05, 0) is 12.1 Å². The average molecular weight is 433 g/mol. The van der Waals surface area contributed by atoms with E-state index in [9.17, 15) is 4.79 Å². The van der Waals surface area contributed by atoms with Crippen LogP contribution >= 0.6 is 0 Å². The van der Waals surface area contributed by atoms with Crippen molar-refractivity contribution in [2.75, 3.05) is 0 Å². The molecule has 7 rings (SSSR count). The van der Waals surface area contributed by atoms with Crippen LogP contribution in [0.3, 0.4) is 0 Å². The van der Waals surface area contributed by atoms with Gasteiger partial charge >= 0.3 is 16.5 Å². The number of aryl methyl sites for hydroxylation is 2. The number of hydrogen-bond donors (Lipinski definition) is 0. The lowest BCUT2D eigenvalue weighted by atomic mass is 10.0. The maximum Gasteiger partial charge on any atom is 0.328 e. The summed E-state index contributed by atoms with van der Waals surface area (Å²) < 4.78 is 10.9. The van der Waals surface area contributed by atoms with Crippen LogP contribution in [0.5, 0.6) is 0 Å². The van der Waals surface area contributed by atoms with Gasteiger partial charge in [-0.2, -0.15) is 9.13 Å². The molecule has 4 nitrogen and oxygen atoms in total. The summed E-state index contributed by atoms with van der Waals surface area (Å²) in [6.45, 7) is 0. The summed E-state index contributed by atoms with van der Waals surface area (Å²) in [6.07, 6.45) is 3.90. The molecule has 0 bridgehead atoms. The summed E-state index contributed by atoms with van der Waals surface area (Å²) in [5, 5.41) is 0. The van der Waals surface area contributed by atoms with Gasteiger partial charge in [0.2, 0.25) is 11.2 Å². The normalized spacial score (nSPS) is 19.2. The van der Waals surface area contributed by atoms with E-state index in [1.54, 1.807) is 0 Å². The minimum Gasteiger partial charge on any atom is -0.443 e. The van der Waals surface area contributed by atoms with Crippen LogP contribution in [0.2, 0.25) is 0 Å². The quantitative estimate of drug-likeness (QED) is 0.302. The van der Waals surface area contributed by atoms with Crippen LogP contribution in [0.25, 0.3) is 22.2 Å². The van der Waals surface area contributed by atoms with Crippen LogP contribution in [-0.4, -0.2) is 0 Å². The molecular formula is C29H24N2O2+2. The molecule has 2 aromatic carbocycles. The lowest BCUT2D eigenvalue weighted by Gasteiger charge is -2.11. The molecule has 4 heteroatoms. The predicted octanol–water partition coefficient (Wildman–Crippen LogP) is 4.59. The van der Waals surface area contributed by atoms with Crippen molar-refractivity contribution < 1.29 is 13.6 Å². The van der Waals surface area contributed by atoms with Crippen LogP contribution in [0.4, 0.5) is 0 Å². The Morgan fingerprint density at radius 2 is 1.06 bits per heavy atom. The van der Waals surface area contributed by atoms with E-state index in [1.807, 2.05) is 24.3 Å². The van der Waals surface area contributed by atoms with E-state index in [0.717, 1.165) is 25.7 Å². The Labute approximate surface area is 191 Å². The molecular weight excluding hydrogens is 408 g/mol. The van der Waals surface area contributed by atoms with Crippen LogP contribution in [-0.2, 0) is 12.8 Å². The fourth-order valence-corrected chi connectivity index (χ4v) is 5.95. The van der Waals surface area contributed by atoms with E-state index in [2.05, 4.69) is 69.8 Å². The molecule has 0 radical (unpaired) electrons. The van der Waals surface area contributed by atoms with Crippen LogP contribution < -0.4 is 14.6 Å². The minimum absolute atomic E-state index is 0.0700. The van der Waals surface area contributed by atoms with E-state index in [4.69, 9.17) is 4.42 Å². The molecule has 0 N–H and O–H groups in total. The molecule has 0 spiro atoms. The summed E-state index contributed by atoms with van der Waals surface area (Å²) in [7, 11) is 0. The van der Waals surface area contributed by atoms with Crippen molar-refractivity contribution in [1.82, 2.24) is 0 Å². The highest BCUT2D eigenvalue weighted by molar-refractivity contribution is 5.81. The summed E-state index contributed by atoms with van der Waals surface area (Å²) in [6, 6.07) is 29.5. The van der Waals surface area contributed by atoms with Gasteiger partial charge in [0, 0.05) is 48.9 Å². The molecule has 0 amide bonds. The van der Waals surface area contributed by atoms with Crippen molar-refractivity contribution in [3.63, 3.8) is 0 Å². The molecule has 0 fully saturated rings. The largest absolute Gasteiger partial charge is 0.443 e. The van der Waals surface area contributed by atoms with E-state index in [-0.39, 0.29) is 17.5 Å². The first-order valence-electron chi connectivity index (χ1n) is 11.8. The SMILES string of the molecule is O=c1c2c(ccc3[n+]2C(c2ccccc2)CC3)oc2ccc3[n+](c12)C(c1ccccc1)CC3. The Morgan fingerprint density at radius 1 is 0.606 bits per heavy atom. The number of fused-ring (bicyclic) bond motifs is 6. The maximum absolute atomic E-state index is 14.3. The fourth-order valence-electron chi connectivity index (χ4n) is 5.95. The molecule has 2 aliphatic heterocycles. The third-order valence-corrected chi connectivity index (χ3v) is 7.41. The smallest absolute Gasteiger partial charge is 0.328 e. The Bertz CT molecular complexity index is 1470. The van der Waals surface area contributed by atoms with E-state index >= 15 is 0 Å². The Hall–Kier alpha value is -3.79. The maximum atomic E-state index is 14.3. The Morgan fingerprint density at radius 3 is 1.52 bits per heavy atom.